The Bertz CT molecular complexity index is 474. The van der Waals surface area contributed by atoms with E-state index in [0.717, 1.165) is 5.56 Å². The molecule has 0 radical (unpaired) electrons. The van der Waals surface area contributed by atoms with E-state index >= 15 is 0 Å². The lowest BCUT2D eigenvalue weighted by Gasteiger charge is -2.20. The molecular formula is C15H21ClN2O3. The lowest BCUT2D eigenvalue weighted by molar-refractivity contribution is -0.143. The second-order valence-corrected chi connectivity index (χ2v) is 5.46. The van der Waals surface area contributed by atoms with E-state index in [4.69, 9.17) is 11.6 Å². The summed E-state index contributed by atoms with van der Waals surface area (Å²) in [4.78, 5) is 23.3. The van der Waals surface area contributed by atoms with Gasteiger partial charge < -0.3 is 15.4 Å². The zero-order valence-electron chi connectivity index (χ0n) is 12.5. The van der Waals surface area contributed by atoms with Crippen LogP contribution in [0, 0.1) is 5.92 Å². The maximum atomic E-state index is 11.8. The minimum absolute atomic E-state index is 0.0422. The largest absolute Gasteiger partial charge is 0.467 e. The van der Waals surface area contributed by atoms with Gasteiger partial charge in [-0.15, -0.1) is 0 Å². The van der Waals surface area contributed by atoms with Gasteiger partial charge in [-0.3, -0.25) is 0 Å². The molecule has 5 nitrogen and oxygen atoms in total. The van der Waals surface area contributed by atoms with Crippen molar-refractivity contribution in [3.63, 3.8) is 0 Å². The second-order valence-electron chi connectivity index (χ2n) is 5.02. The molecular weight excluding hydrogens is 292 g/mol. The number of ether oxygens (including phenoxy) is 1. The minimum Gasteiger partial charge on any atom is -0.467 e. The Morgan fingerprint density at radius 1 is 1.24 bits per heavy atom. The zero-order chi connectivity index (χ0) is 15.8. The molecule has 0 aromatic heterocycles. The van der Waals surface area contributed by atoms with Crippen LogP contribution in [-0.4, -0.2) is 31.7 Å². The Labute approximate surface area is 130 Å². The van der Waals surface area contributed by atoms with E-state index in [2.05, 4.69) is 15.4 Å². The highest BCUT2D eigenvalue weighted by atomic mass is 35.5. The maximum absolute atomic E-state index is 11.8. The molecule has 116 valence electrons. The zero-order valence-corrected chi connectivity index (χ0v) is 13.2. The molecule has 6 heteroatoms. The van der Waals surface area contributed by atoms with Crippen LogP contribution >= 0.6 is 11.6 Å². The molecule has 1 aromatic carbocycles. The van der Waals surface area contributed by atoms with Crippen LogP contribution in [0.25, 0.3) is 0 Å². The van der Waals surface area contributed by atoms with Gasteiger partial charge in [0.25, 0.3) is 0 Å². The van der Waals surface area contributed by atoms with Crippen LogP contribution in [0.5, 0.6) is 0 Å². The number of esters is 1. The number of carbonyl (C=O) groups excluding carboxylic acids is 2. The van der Waals surface area contributed by atoms with Crippen LogP contribution in [0.4, 0.5) is 4.79 Å². The highest BCUT2D eigenvalue weighted by Crippen LogP contribution is 2.09. The van der Waals surface area contributed by atoms with Crippen LogP contribution in [0.1, 0.15) is 19.4 Å². The quantitative estimate of drug-likeness (QED) is 0.793. The van der Waals surface area contributed by atoms with Gasteiger partial charge in [0, 0.05) is 11.6 Å². The van der Waals surface area contributed by atoms with Gasteiger partial charge in [0.05, 0.1) is 7.11 Å². The summed E-state index contributed by atoms with van der Waals surface area (Å²) in [5.41, 5.74) is 1.08. The van der Waals surface area contributed by atoms with E-state index in [1.165, 1.54) is 7.11 Å². The van der Waals surface area contributed by atoms with E-state index in [9.17, 15) is 9.59 Å². The van der Waals surface area contributed by atoms with Gasteiger partial charge in [0.2, 0.25) is 0 Å². The number of carbonyl (C=O) groups is 2. The molecule has 0 unspecified atom stereocenters. The molecule has 0 aliphatic heterocycles. The fourth-order valence-corrected chi connectivity index (χ4v) is 1.91. The van der Waals surface area contributed by atoms with Crippen molar-refractivity contribution in [2.24, 2.45) is 5.92 Å². The number of amides is 2. The first-order valence-corrected chi connectivity index (χ1v) is 7.18. The fraction of sp³-hybridized carbons (Fsp3) is 0.467. The SMILES string of the molecule is COC(=O)[C@@H](NC(=O)NCCc1ccc(Cl)cc1)C(C)C. The number of methoxy groups -OCH3 is 1. The number of hydrogen-bond acceptors (Lipinski definition) is 3. The van der Waals surface area contributed by atoms with E-state index in [1.54, 1.807) is 0 Å². The van der Waals surface area contributed by atoms with Crippen LogP contribution in [-0.2, 0) is 16.0 Å². The molecule has 21 heavy (non-hydrogen) atoms. The van der Waals surface area contributed by atoms with Crippen molar-refractivity contribution in [2.75, 3.05) is 13.7 Å². The summed E-state index contributed by atoms with van der Waals surface area (Å²) >= 11 is 5.80. The topological polar surface area (TPSA) is 67.4 Å². The lowest BCUT2D eigenvalue weighted by atomic mass is 10.1. The third-order valence-corrected chi connectivity index (χ3v) is 3.27. The molecule has 0 saturated carbocycles. The van der Waals surface area contributed by atoms with E-state index in [1.807, 2.05) is 38.1 Å². The molecule has 0 bridgehead atoms. The van der Waals surface area contributed by atoms with Crippen molar-refractivity contribution < 1.29 is 14.3 Å². The number of urea groups is 1. The Morgan fingerprint density at radius 2 is 1.86 bits per heavy atom. The summed E-state index contributed by atoms with van der Waals surface area (Å²) in [5.74, 6) is -0.489. The van der Waals surface area contributed by atoms with Gasteiger partial charge in [-0.1, -0.05) is 37.6 Å². The number of hydrogen-bond donors (Lipinski definition) is 2. The standard InChI is InChI=1S/C15H21ClN2O3/c1-10(2)13(14(19)21-3)18-15(20)17-9-8-11-4-6-12(16)7-5-11/h4-7,10,13H,8-9H2,1-3H3,(H2,17,18,20)/t13-/m0/s1. The van der Waals surface area contributed by atoms with Crippen LogP contribution in [0.2, 0.25) is 5.02 Å². The van der Waals surface area contributed by atoms with Crippen LogP contribution in [0.3, 0.4) is 0 Å². The van der Waals surface area contributed by atoms with Crippen LogP contribution in [0.15, 0.2) is 24.3 Å². The Morgan fingerprint density at radius 3 is 2.38 bits per heavy atom. The molecule has 1 aromatic rings. The van der Waals surface area contributed by atoms with Crippen molar-refractivity contribution >= 4 is 23.6 Å². The van der Waals surface area contributed by atoms with Crippen molar-refractivity contribution in [2.45, 2.75) is 26.3 Å². The third kappa shape index (κ3) is 6.04. The average molecular weight is 313 g/mol. The fourth-order valence-electron chi connectivity index (χ4n) is 1.79. The van der Waals surface area contributed by atoms with Gasteiger partial charge in [0.1, 0.15) is 6.04 Å². The number of halogens is 1. The molecule has 0 fully saturated rings. The normalized spacial score (nSPS) is 11.9. The van der Waals surface area contributed by atoms with Crippen molar-refractivity contribution in [1.82, 2.24) is 10.6 Å². The molecule has 0 aliphatic rings. The summed E-state index contributed by atoms with van der Waals surface area (Å²) in [6.07, 6.45) is 0.690. The molecule has 0 aliphatic carbocycles. The summed E-state index contributed by atoms with van der Waals surface area (Å²) in [6, 6.07) is 6.41. The first-order chi connectivity index (χ1) is 9.93. The van der Waals surface area contributed by atoms with E-state index < -0.39 is 12.0 Å². The van der Waals surface area contributed by atoms with Crippen molar-refractivity contribution in [1.29, 1.82) is 0 Å². The first kappa shape index (κ1) is 17.3. The van der Waals surface area contributed by atoms with Crippen molar-refractivity contribution in [3.05, 3.63) is 34.9 Å². The number of rotatable bonds is 6. The monoisotopic (exact) mass is 312 g/mol. The number of benzene rings is 1. The van der Waals surface area contributed by atoms with E-state index in [-0.39, 0.29) is 11.9 Å². The molecule has 2 N–H and O–H groups in total. The van der Waals surface area contributed by atoms with Crippen LogP contribution < -0.4 is 10.6 Å². The Balaban J connectivity index is 2.39. The number of nitrogens with one attached hydrogen (secondary N) is 2. The Kier molecular flexibility index (Phi) is 7.02. The highest BCUT2D eigenvalue weighted by molar-refractivity contribution is 6.30. The predicted molar refractivity (Wildman–Crippen MR) is 82.3 cm³/mol. The maximum Gasteiger partial charge on any atom is 0.328 e. The van der Waals surface area contributed by atoms with Gasteiger partial charge in [0.15, 0.2) is 0 Å². The lowest BCUT2D eigenvalue weighted by Crippen LogP contribution is -2.49. The van der Waals surface area contributed by atoms with Gasteiger partial charge >= 0.3 is 12.0 Å². The molecule has 1 atom stereocenters. The summed E-state index contributed by atoms with van der Waals surface area (Å²) in [5, 5.41) is 6.02. The highest BCUT2D eigenvalue weighted by Gasteiger charge is 2.24. The molecule has 2 amide bonds. The van der Waals surface area contributed by atoms with Crippen molar-refractivity contribution in [3.8, 4) is 0 Å². The predicted octanol–water partition coefficient (Wildman–Crippen LogP) is 2.38. The second kappa shape index (κ2) is 8.52. The minimum atomic E-state index is -0.648. The van der Waals surface area contributed by atoms with Gasteiger partial charge in [-0.25, -0.2) is 9.59 Å². The van der Waals surface area contributed by atoms with Gasteiger partial charge in [-0.05, 0) is 30.0 Å². The molecule has 1 rings (SSSR count). The first-order valence-electron chi connectivity index (χ1n) is 6.80. The smallest absolute Gasteiger partial charge is 0.328 e. The third-order valence-electron chi connectivity index (χ3n) is 3.02. The summed E-state index contributed by atoms with van der Waals surface area (Å²) in [7, 11) is 1.30. The summed E-state index contributed by atoms with van der Waals surface area (Å²) in [6.45, 7) is 4.16. The average Bonchev–Trinajstić information content (AvgIpc) is 2.45. The Hall–Kier alpha value is -1.75. The summed E-state index contributed by atoms with van der Waals surface area (Å²) < 4.78 is 4.67. The van der Waals surface area contributed by atoms with E-state index in [0.29, 0.717) is 18.0 Å². The molecule has 0 heterocycles. The van der Waals surface area contributed by atoms with Gasteiger partial charge in [-0.2, -0.15) is 0 Å². The molecule has 0 saturated heterocycles. The molecule has 0 spiro atoms.